The third kappa shape index (κ3) is 3.20. The van der Waals surface area contributed by atoms with Crippen molar-refractivity contribution >= 4 is 11.6 Å². The van der Waals surface area contributed by atoms with Gasteiger partial charge in [-0.15, -0.1) is 0 Å². The number of halogens is 1. The van der Waals surface area contributed by atoms with Crippen LogP contribution in [0.4, 0.5) is 0 Å². The molecule has 0 aromatic heterocycles. The molecule has 0 bridgehead atoms. The van der Waals surface area contributed by atoms with E-state index in [1.807, 2.05) is 26.0 Å². The molecule has 1 unspecified atom stereocenters. The summed E-state index contributed by atoms with van der Waals surface area (Å²) in [6, 6.07) is 7.24. The number of hydrogen-bond acceptors (Lipinski definition) is 2. The lowest BCUT2D eigenvalue weighted by Crippen LogP contribution is -2.23. The minimum atomic E-state index is -0.453. The van der Waals surface area contributed by atoms with Crippen molar-refractivity contribution in [2.24, 2.45) is 5.92 Å². The van der Waals surface area contributed by atoms with Crippen LogP contribution < -0.4 is 4.74 Å². The highest BCUT2D eigenvalue weighted by Gasteiger charge is 2.10. The smallest absolute Gasteiger partial charge is 0.138 e. The standard InChI is InChI=1S/C11H15ClO2/c1-8(2)10(13)7-14-11-6-4-3-5-9(11)12/h3-6,8,10,13H,7H2,1-2H3. The van der Waals surface area contributed by atoms with Gasteiger partial charge in [0.25, 0.3) is 0 Å². The van der Waals surface area contributed by atoms with Crippen LogP contribution in [0, 0.1) is 5.92 Å². The normalized spacial score (nSPS) is 12.9. The van der Waals surface area contributed by atoms with Crippen molar-refractivity contribution in [2.75, 3.05) is 6.61 Å². The Morgan fingerprint density at radius 2 is 2.00 bits per heavy atom. The molecule has 1 rings (SSSR count). The number of aliphatic hydroxyl groups excluding tert-OH is 1. The van der Waals surface area contributed by atoms with E-state index in [2.05, 4.69) is 0 Å². The predicted molar refractivity (Wildman–Crippen MR) is 57.8 cm³/mol. The van der Waals surface area contributed by atoms with E-state index in [1.165, 1.54) is 0 Å². The van der Waals surface area contributed by atoms with Gasteiger partial charge in [-0.25, -0.2) is 0 Å². The Balaban J connectivity index is 2.50. The molecule has 0 radical (unpaired) electrons. The summed E-state index contributed by atoms with van der Waals surface area (Å²) in [4.78, 5) is 0. The molecule has 0 aliphatic rings. The molecule has 1 aromatic carbocycles. The summed E-state index contributed by atoms with van der Waals surface area (Å²) in [5.74, 6) is 0.811. The average Bonchev–Trinajstić information content (AvgIpc) is 2.16. The molecule has 1 atom stereocenters. The third-order valence-electron chi connectivity index (χ3n) is 2.02. The molecule has 14 heavy (non-hydrogen) atoms. The van der Waals surface area contributed by atoms with Crippen LogP contribution in [0.15, 0.2) is 24.3 Å². The van der Waals surface area contributed by atoms with Gasteiger partial charge in [-0.1, -0.05) is 37.6 Å². The first-order chi connectivity index (χ1) is 6.61. The SMILES string of the molecule is CC(C)C(O)COc1ccccc1Cl. The van der Waals surface area contributed by atoms with Crippen LogP contribution in [-0.2, 0) is 0 Å². The Morgan fingerprint density at radius 3 is 2.57 bits per heavy atom. The van der Waals surface area contributed by atoms with Crippen LogP contribution in [0.5, 0.6) is 5.75 Å². The van der Waals surface area contributed by atoms with E-state index in [1.54, 1.807) is 12.1 Å². The fourth-order valence-corrected chi connectivity index (χ4v) is 1.12. The van der Waals surface area contributed by atoms with Crippen molar-refractivity contribution < 1.29 is 9.84 Å². The minimum Gasteiger partial charge on any atom is -0.489 e. The van der Waals surface area contributed by atoms with Crippen LogP contribution in [0.25, 0.3) is 0 Å². The Hall–Kier alpha value is -0.730. The minimum absolute atomic E-state index is 0.192. The third-order valence-corrected chi connectivity index (χ3v) is 2.33. The molecule has 0 saturated heterocycles. The molecular weight excluding hydrogens is 200 g/mol. The summed E-state index contributed by atoms with van der Waals surface area (Å²) in [6.07, 6.45) is -0.453. The highest BCUT2D eigenvalue weighted by Crippen LogP contribution is 2.23. The lowest BCUT2D eigenvalue weighted by molar-refractivity contribution is 0.0702. The molecule has 3 heteroatoms. The summed E-state index contributed by atoms with van der Waals surface area (Å²) in [7, 11) is 0. The molecule has 0 fully saturated rings. The van der Waals surface area contributed by atoms with E-state index < -0.39 is 6.10 Å². The zero-order valence-corrected chi connectivity index (χ0v) is 9.16. The quantitative estimate of drug-likeness (QED) is 0.835. The van der Waals surface area contributed by atoms with Crippen molar-refractivity contribution in [1.82, 2.24) is 0 Å². The highest BCUT2D eigenvalue weighted by molar-refractivity contribution is 6.32. The summed E-state index contributed by atoms with van der Waals surface area (Å²) >= 11 is 5.88. The van der Waals surface area contributed by atoms with Gasteiger partial charge in [-0.2, -0.15) is 0 Å². The number of rotatable bonds is 4. The lowest BCUT2D eigenvalue weighted by atomic mass is 10.1. The second-order valence-electron chi connectivity index (χ2n) is 3.55. The van der Waals surface area contributed by atoms with Gasteiger partial charge < -0.3 is 9.84 Å². The van der Waals surface area contributed by atoms with Crippen molar-refractivity contribution in [2.45, 2.75) is 20.0 Å². The first-order valence-electron chi connectivity index (χ1n) is 4.66. The number of aliphatic hydroxyl groups is 1. The largest absolute Gasteiger partial charge is 0.489 e. The van der Waals surface area contributed by atoms with Gasteiger partial charge in [0.2, 0.25) is 0 Å². The second kappa shape index (κ2) is 5.23. The van der Waals surface area contributed by atoms with E-state index in [0.717, 1.165) is 0 Å². The van der Waals surface area contributed by atoms with E-state index in [4.69, 9.17) is 16.3 Å². The molecule has 2 nitrogen and oxygen atoms in total. The average molecular weight is 215 g/mol. The summed E-state index contributed by atoms with van der Waals surface area (Å²) in [5, 5.41) is 10.1. The number of ether oxygens (including phenoxy) is 1. The number of benzene rings is 1. The van der Waals surface area contributed by atoms with E-state index >= 15 is 0 Å². The van der Waals surface area contributed by atoms with E-state index in [-0.39, 0.29) is 12.5 Å². The van der Waals surface area contributed by atoms with Gasteiger partial charge in [-0.3, -0.25) is 0 Å². The van der Waals surface area contributed by atoms with Crippen LogP contribution >= 0.6 is 11.6 Å². The maximum atomic E-state index is 9.51. The molecule has 1 N–H and O–H groups in total. The zero-order valence-electron chi connectivity index (χ0n) is 8.40. The molecule has 0 saturated carbocycles. The van der Waals surface area contributed by atoms with Gasteiger partial charge in [-0.05, 0) is 18.1 Å². The molecule has 0 aliphatic carbocycles. The molecule has 1 aromatic rings. The first kappa shape index (κ1) is 11.3. The fraction of sp³-hybridized carbons (Fsp3) is 0.455. The summed E-state index contributed by atoms with van der Waals surface area (Å²) < 4.78 is 5.38. The Labute approximate surface area is 89.5 Å². The summed E-state index contributed by atoms with van der Waals surface area (Å²) in [5.41, 5.74) is 0. The molecule has 0 heterocycles. The maximum Gasteiger partial charge on any atom is 0.138 e. The first-order valence-corrected chi connectivity index (χ1v) is 5.04. The van der Waals surface area contributed by atoms with Crippen molar-refractivity contribution in [3.05, 3.63) is 29.3 Å². The zero-order chi connectivity index (χ0) is 10.6. The van der Waals surface area contributed by atoms with Crippen molar-refractivity contribution in [1.29, 1.82) is 0 Å². The van der Waals surface area contributed by atoms with Crippen molar-refractivity contribution in [3.8, 4) is 5.75 Å². The maximum absolute atomic E-state index is 9.51. The van der Waals surface area contributed by atoms with Crippen molar-refractivity contribution in [3.63, 3.8) is 0 Å². The Bertz CT molecular complexity index is 286. The van der Waals surface area contributed by atoms with Gasteiger partial charge in [0, 0.05) is 0 Å². The molecular formula is C11H15ClO2. The van der Waals surface area contributed by atoms with Gasteiger partial charge in [0.1, 0.15) is 12.4 Å². The lowest BCUT2D eigenvalue weighted by Gasteiger charge is -2.15. The number of hydrogen-bond donors (Lipinski definition) is 1. The second-order valence-corrected chi connectivity index (χ2v) is 3.96. The van der Waals surface area contributed by atoms with E-state index in [9.17, 15) is 5.11 Å². The fourth-order valence-electron chi connectivity index (χ4n) is 0.929. The predicted octanol–water partition coefficient (Wildman–Crippen LogP) is 2.74. The van der Waals surface area contributed by atoms with Gasteiger partial charge in [0.05, 0.1) is 11.1 Å². The highest BCUT2D eigenvalue weighted by atomic mass is 35.5. The van der Waals surface area contributed by atoms with Gasteiger partial charge in [0.15, 0.2) is 0 Å². The Kier molecular flexibility index (Phi) is 4.23. The molecule has 0 amide bonds. The van der Waals surface area contributed by atoms with Crippen LogP contribution in [-0.4, -0.2) is 17.8 Å². The topological polar surface area (TPSA) is 29.5 Å². The molecule has 0 aliphatic heterocycles. The van der Waals surface area contributed by atoms with Crippen LogP contribution in [0.1, 0.15) is 13.8 Å². The van der Waals surface area contributed by atoms with E-state index in [0.29, 0.717) is 10.8 Å². The van der Waals surface area contributed by atoms with Crippen LogP contribution in [0.2, 0.25) is 5.02 Å². The van der Waals surface area contributed by atoms with Crippen LogP contribution in [0.3, 0.4) is 0 Å². The molecule has 0 spiro atoms. The number of para-hydroxylation sites is 1. The molecule has 78 valence electrons. The Morgan fingerprint density at radius 1 is 1.36 bits per heavy atom. The summed E-state index contributed by atoms with van der Waals surface area (Å²) in [6.45, 7) is 4.17. The van der Waals surface area contributed by atoms with Gasteiger partial charge >= 0.3 is 0 Å². The monoisotopic (exact) mass is 214 g/mol.